The van der Waals surface area contributed by atoms with Crippen molar-refractivity contribution in [2.45, 2.75) is 13.0 Å². The van der Waals surface area contributed by atoms with Gasteiger partial charge in [-0.25, -0.2) is 4.98 Å². The molecule has 3 aromatic rings. The number of hydrogen-bond donors (Lipinski definition) is 1. The maximum Gasteiger partial charge on any atom is 0.226 e. The molecule has 28 heavy (non-hydrogen) atoms. The summed E-state index contributed by atoms with van der Waals surface area (Å²) < 4.78 is 15.9. The molecule has 7 heteroatoms. The summed E-state index contributed by atoms with van der Waals surface area (Å²) in [6, 6.07) is 13.3. The van der Waals surface area contributed by atoms with Crippen molar-refractivity contribution in [3.8, 4) is 27.8 Å². The first-order valence-corrected chi connectivity index (χ1v) is 9.58. The maximum atomic E-state index is 12.3. The van der Waals surface area contributed by atoms with Crippen molar-refractivity contribution in [3.63, 3.8) is 0 Å². The SMILES string of the molecule is COc1ccccc1CNC(=O)Cc1csc(-c2ccc(OC)c(OC)c2)n1. The molecular formula is C21H22N2O4S. The van der Waals surface area contributed by atoms with Crippen LogP contribution < -0.4 is 19.5 Å². The van der Waals surface area contributed by atoms with Gasteiger partial charge in [-0.15, -0.1) is 11.3 Å². The molecule has 1 heterocycles. The van der Waals surface area contributed by atoms with Gasteiger partial charge in [0.1, 0.15) is 10.8 Å². The molecular weight excluding hydrogens is 376 g/mol. The number of ether oxygens (including phenoxy) is 3. The van der Waals surface area contributed by atoms with Crippen LogP contribution in [-0.2, 0) is 17.8 Å². The Bertz CT molecular complexity index is 955. The van der Waals surface area contributed by atoms with Gasteiger partial charge in [-0.2, -0.15) is 0 Å². The van der Waals surface area contributed by atoms with Crippen LogP contribution in [0.2, 0.25) is 0 Å². The highest BCUT2D eigenvalue weighted by Gasteiger charge is 2.12. The second-order valence-corrected chi connectivity index (χ2v) is 6.84. The van der Waals surface area contributed by atoms with Crippen molar-refractivity contribution in [1.29, 1.82) is 0 Å². The molecule has 1 aromatic heterocycles. The number of thiazole rings is 1. The Hall–Kier alpha value is -3.06. The van der Waals surface area contributed by atoms with Crippen LogP contribution in [0.5, 0.6) is 17.2 Å². The number of para-hydroxylation sites is 1. The quantitative estimate of drug-likeness (QED) is 0.627. The molecule has 0 spiro atoms. The average Bonchev–Trinajstić information content (AvgIpc) is 3.20. The lowest BCUT2D eigenvalue weighted by atomic mass is 10.2. The van der Waals surface area contributed by atoms with Crippen molar-refractivity contribution in [1.82, 2.24) is 10.3 Å². The molecule has 1 N–H and O–H groups in total. The summed E-state index contributed by atoms with van der Waals surface area (Å²) in [5.41, 5.74) is 2.58. The summed E-state index contributed by atoms with van der Waals surface area (Å²) in [4.78, 5) is 16.9. The number of nitrogens with zero attached hydrogens (tertiary/aromatic N) is 1. The van der Waals surface area contributed by atoms with Crippen LogP contribution in [0.4, 0.5) is 0 Å². The Kier molecular flexibility index (Phi) is 6.49. The number of methoxy groups -OCH3 is 3. The molecule has 0 aliphatic heterocycles. The van der Waals surface area contributed by atoms with Gasteiger partial charge in [0, 0.05) is 23.1 Å². The molecule has 0 radical (unpaired) electrons. The van der Waals surface area contributed by atoms with Gasteiger partial charge in [0.2, 0.25) is 5.91 Å². The van der Waals surface area contributed by atoms with Crippen LogP contribution in [0.25, 0.3) is 10.6 Å². The molecule has 3 rings (SSSR count). The standard InChI is InChI=1S/C21H22N2O4S/c1-25-17-7-5-4-6-15(17)12-22-20(24)11-16-13-28-21(23-16)14-8-9-18(26-2)19(10-14)27-3/h4-10,13H,11-12H2,1-3H3,(H,22,24). The number of carbonyl (C=O) groups is 1. The summed E-state index contributed by atoms with van der Waals surface area (Å²) in [6.45, 7) is 0.412. The Morgan fingerprint density at radius 3 is 2.50 bits per heavy atom. The van der Waals surface area contributed by atoms with E-state index in [4.69, 9.17) is 14.2 Å². The van der Waals surface area contributed by atoms with Gasteiger partial charge in [0.15, 0.2) is 11.5 Å². The third kappa shape index (κ3) is 4.61. The number of aromatic nitrogens is 1. The summed E-state index contributed by atoms with van der Waals surface area (Å²) in [7, 11) is 4.81. The fraction of sp³-hybridized carbons (Fsp3) is 0.238. The molecule has 0 aliphatic rings. The topological polar surface area (TPSA) is 69.7 Å². The van der Waals surface area contributed by atoms with Crippen LogP contribution in [0.1, 0.15) is 11.3 Å². The van der Waals surface area contributed by atoms with Gasteiger partial charge < -0.3 is 19.5 Å². The van der Waals surface area contributed by atoms with E-state index in [0.717, 1.165) is 27.6 Å². The lowest BCUT2D eigenvalue weighted by molar-refractivity contribution is -0.120. The minimum Gasteiger partial charge on any atom is -0.496 e. The van der Waals surface area contributed by atoms with E-state index in [2.05, 4.69) is 10.3 Å². The molecule has 0 atom stereocenters. The van der Waals surface area contributed by atoms with E-state index in [-0.39, 0.29) is 12.3 Å². The van der Waals surface area contributed by atoms with Crippen LogP contribution in [-0.4, -0.2) is 32.2 Å². The minimum atomic E-state index is -0.0879. The molecule has 0 bridgehead atoms. The first-order valence-electron chi connectivity index (χ1n) is 8.70. The lowest BCUT2D eigenvalue weighted by Crippen LogP contribution is -2.24. The zero-order valence-corrected chi connectivity index (χ0v) is 16.8. The van der Waals surface area contributed by atoms with Crippen LogP contribution in [0.15, 0.2) is 47.8 Å². The van der Waals surface area contributed by atoms with Gasteiger partial charge in [-0.3, -0.25) is 4.79 Å². The zero-order valence-electron chi connectivity index (χ0n) is 16.0. The number of amides is 1. The third-order valence-corrected chi connectivity index (χ3v) is 5.13. The lowest BCUT2D eigenvalue weighted by Gasteiger charge is -2.09. The zero-order chi connectivity index (χ0) is 19.9. The Balaban J connectivity index is 1.63. The third-order valence-electron chi connectivity index (χ3n) is 4.19. The predicted octanol–water partition coefficient (Wildman–Crippen LogP) is 3.69. The number of nitrogens with one attached hydrogen (secondary N) is 1. The highest BCUT2D eigenvalue weighted by atomic mass is 32.1. The molecule has 146 valence electrons. The molecule has 0 unspecified atom stereocenters. The number of benzene rings is 2. The van der Waals surface area contributed by atoms with Gasteiger partial charge in [0.05, 0.1) is 33.4 Å². The van der Waals surface area contributed by atoms with Crippen molar-refractivity contribution in [2.24, 2.45) is 0 Å². The van der Waals surface area contributed by atoms with Crippen LogP contribution >= 0.6 is 11.3 Å². The smallest absolute Gasteiger partial charge is 0.226 e. The predicted molar refractivity (Wildman–Crippen MR) is 109 cm³/mol. The second-order valence-electron chi connectivity index (χ2n) is 5.98. The monoisotopic (exact) mass is 398 g/mol. The number of carbonyl (C=O) groups excluding carboxylic acids is 1. The van der Waals surface area contributed by atoms with E-state index in [1.165, 1.54) is 11.3 Å². The van der Waals surface area contributed by atoms with Crippen molar-refractivity contribution < 1.29 is 19.0 Å². The second kappa shape index (κ2) is 9.23. The van der Waals surface area contributed by atoms with Gasteiger partial charge >= 0.3 is 0 Å². The summed E-state index contributed by atoms with van der Waals surface area (Å²) >= 11 is 1.49. The van der Waals surface area contributed by atoms with E-state index in [1.807, 2.05) is 47.8 Å². The maximum absolute atomic E-state index is 12.3. The fourth-order valence-electron chi connectivity index (χ4n) is 2.76. The number of rotatable bonds is 8. The highest BCUT2D eigenvalue weighted by Crippen LogP contribution is 2.33. The van der Waals surface area contributed by atoms with Crippen molar-refractivity contribution in [3.05, 3.63) is 59.1 Å². The van der Waals surface area contributed by atoms with Crippen LogP contribution in [0.3, 0.4) is 0 Å². The van der Waals surface area contributed by atoms with E-state index in [0.29, 0.717) is 18.0 Å². The molecule has 0 fully saturated rings. The molecule has 2 aromatic carbocycles. The van der Waals surface area contributed by atoms with Crippen LogP contribution in [0, 0.1) is 0 Å². The normalized spacial score (nSPS) is 10.4. The molecule has 6 nitrogen and oxygen atoms in total. The van der Waals surface area contributed by atoms with Crippen molar-refractivity contribution >= 4 is 17.2 Å². The first kappa shape index (κ1) is 19.7. The average molecular weight is 398 g/mol. The Labute approximate surface area is 168 Å². The van der Waals surface area contributed by atoms with Gasteiger partial charge in [0.25, 0.3) is 0 Å². The minimum absolute atomic E-state index is 0.0879. The largest absolute Gasteiger partial charge is 0.496 e. The Morgan fingerprint density at radius 2 is 1.75 bits per heavy atom. The van der Waals surface area contributed by atoms with Gasteiger partial charge in [-0.1, -0.05) is 18.2 Å². The van der Waals surface area contributed by atoms with E-state index >= 15 is 0 Å². The van der Waals surface area contributed by atoms with E-state index in [1.54, 1.807) is 21.3 Å². The fourth-order valence-corrected chi connectivity index (χ4v) is 3.58. The van der Waals surface area contributed by atoms with E-state index in [9.17, 15) is 4.79 Å². The highest BCUT2D eigenvalue weighted by molar-refractivity contribution is 7.13. The molecule has 1 amide bonds. The molecule has 0 saturated heterocycles. The van der Waals surface area contributed by atoms with Gasteiger partial charge in [-0.05, 0) is 24.3 Å². The van der Waals surface area contributed by atoms with Crippen molar-refractivity contribution in [2.75, 3.05) is 21.3 Å². The molecule has 0 saturated carbocycles. The molecule has 0 aliphatic carbocycles. The summed E-state index contributed by atoms with van der Waals surface area (Å²) in [6.07, 6.45) is 0.221. The Morgan fingerprint density at radius 1 is 1.00 bits per heavy atom. The summed E-state index contributed by atoms with van der Waals surface area (Å²) in [5, 5.41) is 5.64. The summed E-state index contributed by atoms with van der Waals surface area (Å²) in [5.74, 6) is 1.98. The van der Waals surface area contributed by atoms with E-state index < -0.39 is 0 Å². The first-order chi connectivity index (χ1) is 13.6. The number of hydrogen-bond acceptors (Lipinski definition) is 6.